The van der Waals surface area contributed by atoms with Crippen molar-refractivity contribution in [2.24, 2.45) is 0 Å². The minimum absolute atomic E-state index is 0.0505. The lowest BCUT2D eigenvalue weighted by Crippen LogP contribution is -2.49. The fourth-order valence-corrected chi connectivity index (χ4v) is 2.79. The highest BCUT2D eigenvalue weighted by Crippen LogP contribution is 2.47. The molecule has 1 unspecified atom stereocenters. The number of carbonyl (C=O) groups excluding carboxylic acids is 1. The van der Waals surface area contributed by atoms with Gasteiger partial charge >= 0.3 is 0 Å². The Bertz CT molecular complexity index is 269. The van der Waals surface area contributed by atoms with E-state index in [1.165, 1.54) is 0 Å². The molecule has 0 aromatic heterocycles. The van der Waals surface area contributed by atoms with Gasteiger partial charge in [0, 0.05) is 12.2 Å². The molecule has 1 aliphatic heterocycles. The SMILES string of the molecule is CC(C)(C)N1CP(C)(=O)OCC1=O. The third-order valence-electron chi connectivity index (χ3n) is 1.97. The summed E-state index contributed by atoms with van der Waals surface area (Å²) in [5, 5.41) is 0. The number of nitrogens with zero attached hydrogens (tertiary/aromatic N) is 1. The summed E-state index contributed by atoms with van der Waals surface area (Å²) in [6, 6.07) is 0. The van der Waals surface area contributed by atoms with Crippen molar-refractivity contribution < 1.29 is 13.9 Å². The topological polar surface area (TPSA) is 46.6 Å². The first-order chi connectivity index (χ1) is 5.72. The Hall–Kier alpha value is -0.340. The van der Waals surface area contributed by atoms with Gasteiger partial charge in [0.15, 0.2) is 0 Å². The van der Waals surface area contributed by atoms with Gasteiger partial charge in [-0.05, 0) is 20.8 Å². The summed E-state index contributed by atoms with van der Waals surface area (Å²) in [5.74, 6) is -0.0826. The maximum absolute atomic E-state index is 11.6. The normalized spacial score (nSPS) is 30.8. The predicted molar refractivity (Wildman–Crippen MR) is 50.9 cm³/mol. The average molecular weight is 205 g/mol. The van der Waals surface area contributed by atoms with E-state index < -0.39 is 7.37 Å². The van der Waals surface area contributed by atoms with E-state index in [9.17, 15) is 9.36 Å². The molecular formula is C8H16NO3P. The highest BCUT2D eigenvalue weighted by Gasteiger charge is 2.36. The first kappa shape index (κ1) is 10.7. The molecule has 0 spiro atoms. The molecule has 4 nitrogen and oxygen atoms in total. The predicted octanol–water partition coefficient (Wildman–Crippen LogP) is 1.51. The van der Waals surface area contributed by atoms with Gasteiger partial charge in [0.1, 0.15) is 6.61 Å². The lowest BCUT2D eigenvalue weighted by molar-refractivity contribution is -0.139. The van der Waals surface area contributed by atoms with E-state index in [4.69, 9.17) is 4.52 Å². The van der Waals surface area contributed by atoms with Gasteiger partial charge in [-0.3, -0.25) is 9.36 Å². The summed E-state index contributed by atoms with van der Waals surface area (Å²) in [4.78, 5) is 13.0. The molecule has 1 amide bonds. The molecule has 0 radical (unpaired) electrons. The molecule has 5 heteroatoms. The highest BCUT2D eigenvalue weighted by molar-refractivity contribution is 7.58. The zero-order valence-electron chi connectivity index (χ0n) is 8.53. The molecule has 1 fully saturated rings. The van der Waals surface area contributed by atoms with Crippen LogP contribution < -0.4 is 0 Å². The quantitative estimate of drug-likeness (QED) is 0.563. The van der Waals surface area contributed by atoms with E-state index in [0.717, 1.165) is 0 Å². The zero-order valence-corrected chi connectivity index (χ0v) is 9.43. The van der Waals surface area contributed by atoms with Gasteiger partial charge in [0.05, 0.1) is 6.29 Å². The minimum Gasteiger partial charge on any atom is -0.326 e. The summed E-state index contributed by atoms with van der Waals surface area (Å²) in [5.41, 5.74) is -0.271. The Labute approximate surface area is 78.7 Å². The van der Waals surface area contributed by atoms with Crippen LogP contribution in [0.1, 0.15) is 20.8 Å². The molecule has 0 N–H and O–H groups in total. The van der Waals surface area contributed by atoms with Crippen molar-refractivity contribution in [3.05, 3.63) is 0 Å². The van der Waals surface area contributed by atoms with Gasteiger partial charge in [0.2, 0.25) is 13.3 Å². The highest BCUT2D eigenvalue weighted by atomic mass is 31.2. The van der Waals surface area contributed by atoms with Gasteiger partial charge in [-0.1, -0.05) is 0 Å². The third-order valence-corrected chi connectivity index (χ3v) is 3.44. The van der Waals surface area contributed by atoms with E-state index in [2.05, 4.69) is 0 Å². The molecule has 13 heavy (non-hydrogen) atoms. The molecule has 0 bridgehead atoms. The van der Waals surface area contributed by atoms with Crippen molar-refractivity contribution in [1.29, 1.82) is 0 Å². The number of carbonyl (C=O) groups is 1. The van der Waals surface area contributed by atoms with Crippen molar-refractivity contribution in [2.75, 3.05) is 19.6 Å². The van der Waals surface area contributed by atoms with Crippen molar-refractivity contribution in [3.8, 4) is 0 Å². The zero-order chi connectivity index (χ0) is 10.3. The minimum atomic E-state index is -2.57. The molecular weight excluding hydrogens is 189 g/mol. The molecule has 76 valence electrons. The Balaban J connectivity index is 2.84. The molecule has 0 aliphatic carbocycles. The van der Waals surface area contributed by atoms with Crippen LogP contribution in [-0.4, -0.2) is 35.9 Å². The largest absolute Gasteiger partial charge is 0.326 e. The number of amides is 1. The van der Waals surface area contributed by atoms with Crippen molar-refractivity contribution in [2.45, 2.75) is 26.3 Å². The lowest BCUT2D eigenvalue weighted by Gasteiger charge is -2.40. The van der Waals surface area contributed by atoms with Crippen LogP contribution >= 0.6 is 7.37 Å². The van der Waals surface area contributed by atoms with Crippen molar-refractivity contribution in [1.82, 2.24) is 4.90 Å². The first-order valence-corrected chi connectivity index (χ1v) is 6.50. The van der Waals surface area contributed by atoms with Gasteiger partial charge in [-0.25, -0.2) is 0 Å². The second-order valence-electron chi connectivity index (χ2n) is 4.42. The van der Waals surface area contributed by atoms with Crippen LogP contribution in [0.15, 0.2) is 0 Å². The molecule has 1 heterocycles. The molecule has 1 atom stereocenters. The Kier molecular flexibility index (Phi) is 2.56. The summed E-state index contributed by atoms with van der Waals surface area (Å²) in [6.45, 7) is 7.30. The van der Waals surface area contributed by atoms with E-state index in [1.807, 2.05) is 20.8 Å². The fourth-order valence-electron chi connectivity index (χ4n) is 1.23. The van der Waals surface area contributed by atoms with Crippen LogP contribution in [0.3, 0.4) is 0 Å². The molecule has 0 aromatic carbocycles. The average Bonchev–Trinajstić information content (AvgIpc) is 1.92. The van der Waals surface area contributed by atoms with Crippen LogP contribution in [0, 0.1) is 0 Å². The van der Waals surface area contributed by atoms with Gasteiger partial charge < -0.3 is 9.42 Å². The summed E-state index contributed by atoms with van der Waals surface area (Å²) < 4.78 is 16.6. The third kappa shape index (κ3) is 2.55. The number of rotatable bonds is 0. The summed E-state index contributed by atoms with van der Waals surface area (Å²) in [7, 11) is -2.57. The second kappa shape index (κ2) is 3.10. The molecule has 1 aliphatic rings. The van der Waals surface area contributed by atoms with Crippen LogP contribution in [0.5, 0.6) is 0 Å². The van der Waals surface area contributed by atoms with E-state index in [0.29, 0.717) is 0 Å². The summed E-state index contributed by atoms with van der Waals surface area (Å²) >= 11 is 0. The van der Waals surface area contributed by atoms with Crippen molar-refractivity contribution in [3.63, 3.8) is 0 Å². The number of hydrogen-bond acceptors (Lipinski definition) is 3. The van der Waals surface area contributed by atoms with Crippen LogP contribution in [-0.2, 0) is 13.9 Å². The molecule has 1 saturated heterocycles. The summed E-state index contributed by atoms with van der Waals surface area (Å²) in [6.07, 6.45) is 0.231. The lowest BCUT2D eigenvalue weighted by atomic mass is 10.1. The second-order valence-corrected chi connectivity index (χ2v) is 6.99. The first-order valence-electron chi connectivity index (χ1n) is 4.24. The van der Waals surface area contributed by atoms with Crippen LogP contribution in [0.25, 0.3) is 0 Å². The monoisotopic (exact) mass is 205 g/mol. The Morgan fingerprint density at radius 1 is 1.46 bits per heavy atom. The maximum atomic E-state index is 11.6. The van der Waals surface area contributed by atoms with E-state index >= 15 is 0 Å². The molecule has 0 saturated carbocycles. The van der Waals surface area contributed by atoms with Crippen molar-refractivity contribution >= 4 is 13.3 Å². The van der Waals surface area contributed by atoms with E-state index in [-0.39, 0.29) is 24.3 Å². The van der Waals surface area contributed by atoms with Gasteiger partial charge in [0.25, 0.3) is 0 Å². The number of hydrogen-bond donors (Lipinski definition) is 0. The van der Waals surface area contributed by atoms with Crippen LogP contribution in [0.2, 0.25) is 0 Å². The standard InChI is InChI=1S/C8H16NO3P/c1-8(2,3)9-6-13(4,11)12-5-7(9)10/h5-6H2,1-4H3. The Morgan fingerprint density at radius 3 is 2.38 bits per heavy atom. The maximum Gasteiger partial charge on any atom is 0.249 e. The fraction of sp³-hybridized carbons (Fsp3) is 0.875. The molecule has 1 rings (SSSR count). The van der Waals surface area contributed by atoms with Crippen LogP contribution in [0.4, 0.5) is 0 Å². The van der Waals surface area contributed by atoms with Gasteiger partial charge in [-0.2, -0.15) is 0 Å². The van der Waals surface area contributed by atoms with Gasteiger partial charge in [-0.15, -0.1) is 0 Å². The van der Waals surface area contributed by atoms with E-state index in [1.54, 1.807) is 11.6 Å². The Morgan fingerprint density at radius 2 is 2.00 bits per heavy atom. The molecule has 0 aromatic rings. The smallest absolute Gasteiger partial charge is 0.249 e.